The van der Waals surface area contributed by atoms with Gasteiger partial charge in [0, 0.05) is 50.8 Å². The summed E-state index contributed by atoms with van der Waals surface area (Å²) < 4.78 is 11.2. The van der Waals surface area contributed by atoms with E-state index in [-0.39, 0.29) is 5.60 Å². The van der Waals surface area contributed by atoms with Crippen molar-refractivity contribution >= 4 is 11.6 Å². The maximum Gasteiger partial charge on any atom is 0.0846 e. The minimum Gasteiger partial charge on any atom is -0.381 e. The van der Waals surface area contributed by atoms with Crippen LogP contribution in [0.2, 0.25) is 5.02 Å². The number of methoxy groups -OCH3 is 1. The van der Waals surface area contributed by atoms with Gasteiger partial charge in [-0.25, -0.2) is 0 Å². The molecular weight excluding hydrogens is 274 g/mol. The second-order valence-electron chi connectivity index (χ2n) is 5.61. The van der Waals surface area contributed by atoms with Gasteiger partial charge in [0.2, 0.25) is 0 Å². The molecule has 0 saturated carbocycles. The van der Waals surface area contributed by atoms with Gasteiger partial charge < -0.3 is 14.8 Å². The van der Waals surface area contributed by atoms with Gasteiger partial charge in [0.25, 0.3) is 0 Å². The smallest absolute Gasteiger partial charge is 0.0846 e. The predicted molar refractivity (Wildman–Crippen MR) is 82.4 cm³/mol. The van der Waals surface area contributed by atoms with Gasteiger partial charge in [0.1, 0.15) is 0 Å². The van der Waals surface area contributed by atoms with E-state index in [1.807, 2.05) is 12.1 Å². The number of nitrogens with one attached hydrogen (secondary N) is 1. The van der Waals surface area contributed by atoms with Crippen molar-refractivity contribution < 1.29 is 9.47 Å². The van der Waals surface area contributed by atoms with Gasteiger partial charge in [-0.15, -0.1) is 0 Å². The zero-order valence-corrected chi connectivity index (χ0v) is 13.1. The third-order valence-electron chi connectivity index (χ3n) is 4.06. The Morgan fingerprint density at radius 1 is 1.30 bits per heavy atom. The summed E-state index contributed by atoms with van der Waals surface area (Å²) in [6.07, 6.45) is 2.92. The molecule has 112 valence electrons. The molecule has 1 fully saturated rings. The Kier molecular flexibility index (Phi) is 5.85. The summed E-state index contributed by atoms with van der Waals surface area (Å²) in [5.74, 6) is 0. The summed E-state index contributed by atoms with van der Waals surface area (Å²) >= 11 is 5.90. The summed E-state index contributed by atoms with van der Waals surface area (Å²) in [5.41, 5.74) is 1.24. The topological polar surface area (TPSA) is 30.5 Å². The first-order valence-corrected chi connectivity index (χ1v) is 7.62. The summed E-state index contributed by atoms with van der Waals surface area (Å²) in [7, 11) is 1.80. The van der Waals surface area contributed by atoms with E-state index in [2.05, 4.69) is 24.4 Å². The first-order chi connectivity index (χ1) is 9.63. The number of benzene rings is 1. The highest BCUT2D eigenvalue weighted by Crippen LogP contribution is 2.23. The number of hydrogen-bond donors (Lipinski definition) is 1. The second kappa shape index (κ2) is 7.41. The molecular formula is C16H24ClNO2. The van der Waals surface area contributed by atoms with Crippen molar-refractivity contribution in [2.75, 3.05) is 26.9 Å². The van der Waals surface area contributed by atoms with E-state index in [1.165, 1.54) is 5.56 Å². The van der Waals surface area contributed by atoms with E-state index in [0.717, 1.165) is 44.0 Å². The van der Waals surface area contributed by atoms with Crippen LogP contribution in [0.3, 0.4) is 0 Å². The molecule has 1 aromatic rings. The molecule has 20 heavy (non-hydrogen) atoms. The molecule has 1 saturated heterocycles. The van der Waals surface area contributed by atoms with Gasteiger partial charge in [-0.3, -0.25) is 0 Å². The Hall–Kier alpha value is -0.610. The van der Waals surface area contributed by atoms with Gasteiger partial charge in [-0.2, -0.15) is 0 Å². The van der Waals surface area contributed by atoms with Crippen LogP contribution in [-0.2, 0) is 15.9 Å². The number of ether oxygens (including phenoxy) is 2. The molecule has 3 nitrogen and oxygen atoms in total. The van der Waals surface area contributed by atoms with Crippen LogP contribution in [0, 0.1) is 0 Å². The first-order valence-electron chi connectivity index (χ1n) is 7.24. The molecule has 0 aromatic heterocycles. The number of rotatable bonds is 6. The van der Waals surface area contributed by atoms with Crippen LogP contribution in [0.5, 0.6) is 0 Å². The molecule has 0 spiro atoms. The SMILES string of the molecule is COC1(CNC(C)Cc2ccc(Cl)cc2)CCOCC1. The Balaban J connectivity index is 1.81. The first kappa shape index (κ1) is 15.8. The van der Waals surface area contributed by atoms with Crippen LogP contribution in [-0.4, -0.2) is 38.5 Å². The van der Waals surface area contributed by atoms with E-state index >= 15 is 0 Å². The molecule has 1 heterocycles. The van der Waals surface area contributed by atoms with Crippen LogP contribution < -0.4 is 5.32 Å². The fourth-order valence-electron chi connectivity index (χ4n) is 2.60. The van der Waals surface area contributed by atoms with Crippen molar-refractivity contribution in [1.82, 2.24) is 5.32 Å². The molecule has 0 aliphatic carbocycles. The monoisotopic (exact) mass is 297 g/mol. The van der Waals surface area contributed by atoms with E-state index in [9.17, 15) is 0 Å². The fraction of sp³-hybridized carbons (Fsp3) is 0.625. The second-order valence-corrected chi connectivity index (χ2v) is 6.05. The molecule has 0 radical (unpaired) electrons. The zero-order valence-electron chi connectivity index (χ0n) is 12.3. The van der Waals surface area contributed by atoms with Crippen molar-refractivity contribution in [2.45, 2.75) is 37.8 Å². The van der Waals surface area contributed by atoms with Crippen molar-refractivity contribution in [3.05, 3.63) is 34.9 Å². The number of hydrogen-bond acceptors (Lipinski definition) is 3. The van der Waals surface area contributed by atoms with E-state index < -0.39 is 0 Å². The van der Waals surface area contributed by atoms with Crippen LogP contribution in [0.4, 0.5) is 0 Å². The van der Waals surface area contributed by atoms with Crippen molar-refractivity contribution in [3.63, 3.8) is 0 Å². The van der Waals surface area contributed by atoms with Crippen LogP contribution in [0.1, 0.15) is 25.3 Å². The van der Waals surface area contributed by atoms with Crippen LogP contribution in [0.25, 0.3) is 0 Å². The largest absolute Gasteiger partial charge is 0.381 e. The maximum atomic E-state index is 5.90. The van der Waals surface area contributed by atoms with Crippen molar-refractivity contribution in [1.29, 1.82) is 0 Å². The standard InChI is InChI=1S/C16H24ClNO2/c1-13(11-14-3-5-15(17)6-4-14)18-12-16(19-2)7-9-20-10-8-16/h3-6,13,18H,7-12H2,1-2H3. The molecule has 1 aliphatic heterocycles. The third kappa shape index (κ3) is 4.45. The molecule has 2 rings (SSSR count). The minimum atomic E-state index is -0.0630. The molecule has 4 heteroatoms. The molecule has 0 bridgehead atoms. The number of halogens is 1. The predicted octanol–water partition coefficient (Wildman–Crippen LogP) is 3.06. The van der Waals surface area contributed by atoms with Crippen LogP contribution >= 0.6 is 11.6 Å². The summed E-state index contributed by atoms with van der Waals surface area (Å²) in [6, 6.07) is 8.46. The average Bonchev–Trinajstić information content (AvgIpc) is 2.49. The summed E-state index contributed by atoms with van der Waals surface area (Å²) in [4.78, 5) is 0. The zero-order chi connectivity index (χ0) is 14.4. The minimum absolute atomic E-state index is 0.0630. The van der Waals surface area contributed by atoms with Crippen molar-refractivity contribution in [3.8, 4) is 0 Å². The lowest BCUT2D eigenvalue weighted by Crippen LogP contribution is -2.49. The quantitative estimate of drug-likeness (QED) is 0.875. The highest BCUT2D eigenvalue weighted by Gasteiger charge is 2.32. The lowest BCUT2D eigenvalue weighted by molar-refractivity contribution is -0.0884. The summed E-state index contributed by atoms with van der Waals surface area (Å²) in [6.45, 7) is 4.67. The lowest BCUT2D eigenvalue weighted by Gasteiger charge is -2.37. The average molecular weight is 298 g/mol. The molecule has 1 aliphatic rings. The highest BCUT2D eigenvalue weighted by molar-refractivity contribution is 6.30. The maximum absolute atomic E-state index is 5.90. The van der Waals surface area contributed by atoms with E-state index in [1.54, 1.807) is 7.11 Å². The Morgan fingerprint density at radius 3 is 2.55 bits per heavy atom. The van der Waals surface area contributed by atoms with Crippen LogP contribution in [0.15, 0.2) is 24.3 Å². The third-order valence-corrected chi connectivity index (χ3v) is 4.32. The van der Waals surface area contributed by atoms with Crippen molar-refractivity contribution in [2.24, 2.45) is 0 Å². The molecule has 0 amide bonds. The normalized spacial score (nSPS) is 19.8. The Labute approximate surface area is 126 Å². The summed E-state index contributed by atoms with van der Waals surface area (Å²) in [5, 5.41) is 4.38. The van der Waals surface area contributed by atoms with E-state index in [0.29, 0.717) is 6.04 Å². The highest BCUT2D eigenvalue weighted by atomic mass is 35.5. The lowest BCUT2D eigenvalue weighted by atomic mass is 9.93. The molecule has 1 N–H and O–H groups in total. The Morgan fingerprint density at radius 2 is 1.95 bits per heavy atom. The molecule has 1 atom stereocenters. The molecule has 1 unspecified atom stereocenters. The fourth-order valence-corrected chi connectivity index (χ4v) is 2.73. The van der Waals surface area contributed by atoms with E-state index in [4.69, 9.17) is 21.1 Å². The van der Waals surface area contributed by atoms with Gasteiger partial charge in [-0.1, -0.05) is 23.7 Å². The Bertz CT molecular complexity index is 401. The van der Waals surface area contributed by atoms with Gasteiger partial charge in [-0.05, 0) is 31.0 Å². The van der Waals surface area contributed by atoms with Gasteiger partial charge >= 0.3 is 0 Å². The van der Waals surface area contributed by atoms with Gasteiger partial charge in [0.15, 0.2) is 0 Å². The van der Waals surface area contributed by atoms with Gasteiger partial charge in [0.05, 0.1) is 5.60 Å². The molecule has 1 aromatic carbocycles.